The Morgan fingerprint density at radius 3 is 3.07 bits per heavy atom. The first-order valence-electron chi connectivity index (χ1n) is 4.10. The van der Waals surface area contributed by atoms with E-state index in [0.717, 1.165) is 4.68 Å². The van der Waals surface area contributed by atoms with Crippen LogP contribution in [0.15, 0.2) is 17.1 Å². The summed E-state index contributed by atoms with van der Waals surface area (Å²) in [5.74, 6) is -0.448. The van der Waals surface area contributed by atoms with E-state index in [2.05, 4.69) is 10.4 Å². The summed E-state index contributed by atoms with van der Waals surface area (Å²) in [6.07, 6.45) is 1.28. The van der Waals surface area contributed by atoms with E-state index in [0.29, 0.717) is 0 Å². The SMILES string of the molecule is N#CCNC(=O)Cn1ncc(N)cc1=O. The van der Waals surface area contributed by atoms with Crippen molar-refractivity contribution in [3.8, 4) is 6.07 Å². The van der Waals surface area contributed by atoms with Crippen LogP contribution in [-0.4, -0.2) is 22.2 Å². The molecule has 1 aromatic heterocycles. The number of anilines is 1. The van der Waals surface area contributed by atoms with Gasteiger partial charge in [-0.1, -0.05) is 0 Å². The first kappa shape index (κ1) is 10.7. The summed E-state index contributed by atoms with van der Waals surface area (Å²) >= 11 is 0. The third kappa shape index (κ3) is 3.11. The van der Waals surface area contributed by atoms with Gasteiger partial charge in [-0.3, -0.25) is 9.59 Å². The van der Waals surface area contributed by atoms with E-state index in [-0.39, 0.29) is 18.8 Å². The molecule has 0 unspecified atom stereocenters. The fraction of sp³-hybridized carbons (Fsp3) is 0.250. The topological polar surface area (TPSA) is 114 Å². The van der Waals surface area contributed by atoms with Crippen LogP contribution in [0, 0.1) is 11.3 Å². The number of carbonyl (C=O) groups excluding carboxylic acids is 1. The van der Waals surface area contributed by atoms with E-state index in [1.165, 1.54) is 12.3 Å². The molecule has 0 saturated carbocycles. The maximum absolute atomic E-state index is 11.2. The lowest BCUT2D eigenvalue weighted by Gasteiger charge is -2.03. The lowest BCUT2D eigenvalue weighted by atomic mass is 10.5. The van der Waals surface area contributed by atoms with Crippen LogP contribution in [0.4, 0.5) is 5.69 Å². The van der Waals surface area contributed by atoms with Crippen LogP contribution in [0.5, 0.6) is 0 Å². The fourth-order valence-electron chi connectivity index (χ4n) is 0.896. The molecule has 0 aliphatic heterocycles. The lowest BCUT2D eigenvalue weighted by Crippen LogP contribution is -2.33. The molecule has 0 aromatic carbocycles. The number of carbonyl (C=O) groups is 1. The molecule has 3 N–H and O–H groups in total. The van der Waals surface area contributed by atoms with Gasteiger partial charge in [-0.2, -0.15) is 10.4 Å². The largest absolute Gasteiger partial charge is 0.397 e. The molecule has 78 valence electrons. The molecular formula is C8H9N5O2. The van der Waals surface area contributed by atoms with Crippen molar-refractivity contribution in [2.45, 2.75) is 6.54 Å². The molecule has 0 aliphatic rings. The Bertz CT molecular complexity index is 459. The van der Waals surface area contributed by atoms with Crippen molar-refractivity contribution in [1.29, 1.82) is 5.26 Å². The van der Waals surface area contributed by atoms with Gasteiger partial charge in [-0.05, 0) is 0 Å². The van der Waals surface area contributed by atoms with Crippen LogP contribution in [0.25, 0.3) is 0 Å². The van der Waals surface area contributed by atoms with Gasteiger partial charge in [0.05, 0.1) is 18.0 Å². The molecule has 1 amide bonds. The van der Waals surface area contributed by atoms with E-state index in [4.69, 9.17) is 11.0 Å². The first-order chi connectivity index (χ1) is 7.13. The van der Waals surface area contributed by atoms with E-state index in [1.54, 1.807) is 6.07 Å². The number of nitrogen functional groups attached to an aromatic ring is 1. The molecule has 0 aliphatic carbocycles. The Kier molecular flexibility index (Phi) is 3.40. The molecule has 1 rings (SSSR count). The van der Waals surface area contributed by atoms with Crippen molar-refractivity contribution in [2.75, 3.05) is 12.3 Å². The minimum Gasteiger partial charge on any atom is -0.397 e. The summed E-state index contributed by atoms with van der Waals surface area (Å²) < 4.78 is 0.961. The number of rotatable bonds is 3. The quantitative estimate of drug-likeness (QED) is 0.583. The first-order valence-corrected chi connectivity index (χ1v) is 4.10. The average Bonchev–Trinajstić information content (AvgIpc) is 2.19. The molecule has 0 atom stereocenters. The van der Waals surface area contributed by atoms with Gasteiger partial charge in [0.1, 0.15) is 13.1 Å². The number of hydrogen-bond donors (Lipinski definition) is 2. The molecular weight excluding hydrogens is 198 g/mol. The highest BCUT2D eigenvalue weighted by atomic mass is 16.2. The van der Waals surface area contributed by atoms with Crippen LogP contribution in [0.3, 0.4) is 0 Å². The Morgan fingerprint density at radius 2 is 2.47 bits per heavy atom. The smallest absolute Gasteiger partial charge is 0.269 e. The van der Waals surface area contributed by atoms with Gasteiger partial charge in [0.15, 0.2) is 0 Å². The van der Waals surface area contributed by atoms with Crippen LogP contribution in [0.1, 0.15) is 0 Å². The molecule has 1 aromatic rings. The average molecular weight is 207 g/mol. The van der Waals surface area contributed by atoms with Crippen LogP contribution in [-0.2, 0) is 11.3 Å². The Labute approximate surface area is 85.1 Å². The third-order valence-electron chi connectivity index (χ3n) is 1.55. The Morgan fingerprint density at radius 1 is 1.73 bits per heavy atom. The molecule has 0 spiro atoms. The number of nitriles is 1. The predicted octanol–water partition coefficient (Wildman–Crippen LogP) is -1.53. The van der Waals surface area contributed by atoms with E-state index in [1.807, 2.05) is 0 Å². The molecule has 0 saturated heterocycles. The summed E-state index contributed by atoms with van der Waals surface area (Å²) in [7, 11) is 0. The van der Waals surface area contributed by atoms with Gasteiger partial charge in [-0.15, -0.1) is 0 Å². The van der Waals surface area contributed by atoms with Gasteiger partial charge in [-0.25, -0.2) is 4.68 Å². The normalized spacial score (nSPS) is 9.27. The molecule has 1 heterocycles. The molecule has 0 bridgehead atoms. The molecule has 0 fully saturated rings. The van der Waals surface area contributed by atoms with E-state index < -0.39 is 11.5 Å². The third-order valence-corrected chi connectivity index (χ3v) is 1.55. The zero-order valence-corrected chi connectivity index (χ0v) is 7.80. The Hall–Kier alpha value is -2.36. The molecule has 15 heavy (non-hydrogen) atoms. The summed E-state index contributed by atoms with van der Waals surface area (Å²) in [5, 5.41) is 14.2. The van der Waals surface area contributed by atoms with Gasteiger partial charge >= 0.3 is 0 Å². The van der Waals surface area contributed by atoms with Crippen molar-refractivity contribution in [2.24, 2.45) is 0 Å². The van der Waals surface area contributed by atoms with Gasteiger partial charge in [0.25, 0.3) is 5.56 Å². The van der Waals surface area contributed by atoms with Crippen molar-refractivity contribution < 1.29 is 4.79 Å². The number of nitrogens with zero attached hydrogens (tertiary/aromatic N) is 3. The number of amides is 1. The van der Waals surface area contributed by atoms with Gasteiger partial charge in [0.2, 0.25) is 5.91 Å². The highest BCUT2D eigenvalue weighted by Gasteiger charge is 2.04. The van der Waals surface area contributed by atoms with Crippen molar-refractivity contribution in [3.05, 3.63) is 22.6 Å². The van der Waals surface area contributed by atoms with Crippen LogP contribution < -0.4 is 16.6 Å². The van der Waals surface area contributed by atoms with E-state index >= 15 is 0 Å². The monoisotopic (exact) mass is 207 g/mol. The maximum atomic E-state index is 11.2. The maximum Gasteiger partial charge on any atom is 0.269 e. The number of hydrogen-bond acceptors (Lipinski definition) is 5. The summed E-state index contributed by atoms with van der Waals surface area (Å²) in [6, 6.07) is 2.92. The van der Waals surface area contributed by atoms with E-state index in [9.17, 15) is 9.59 Å². The minimum absolute atomic E-state index is 0.0947. The summed E-state index contributed by atoms with van der Waals surface area (Å²) in [4.78, 5) is 22.3. The zero-order chi connectivity index (χ0) is 11.3. The zero-order valence-electron chi connectivity index (χ0n) is 7.80. The molecule has 0 radical (unpaired) electrons. The number of aromatic nitrogens is 2. The molecule has 7 nitrogen and oxygen atoms in total. The number of nitrogens with one attached hydrogen (secondary N) is 1. The second-order valence-electron chi connectivity index (χ2n) is 2.72. The van der Waals surface area contributed by atoms with Gasteiger partial charge < -0.3 is 11.1 Å². The predicted molar refractivity (Wildman–Crippen MR) is 51.5 cm³/mol. The second kappa shape index (κ2) is 4.76. The van der Waals surface area contributed by atoms with Crippen LogP contribution in [0.2, 0.25) is 0 Å². The second-order valence-corrected chi connectivity index (χ2v) is 2.72. The highest BCUT2D eigenvalue weighted by Crippen LogP contribution is 1.89. The highest BCUT2D eigenvalue weighted by molar-refractivity contribution is 5.75. The van der Waals surface area contributed by atoms with Gasteiger partial charge in [0, 0.05) is 6.07 Å². The van der Waals surface area contributed by atoms with Crippen LogP contribution >= 0.6 is 0 Å². The Balaban J connectivity index is 2.70. The molecule has 7 heteroatoms. The lowest BCUT2D eigenvalue weighted by molar-refractivity contribution is -0.121. The van der Waals surface area contributed by atoms with Crippen molar-refractivity contribution in [3.63, 3.8) is 0 Å². The fourth-order valence-corrected chi connectivity index (χ4v) is 0.896. The summed E-state index contributed by atoms with van der Waals surface area (Å²) in [5.41, 5.74) is 5.11. The van der Waals surface area contributed by atoms with Crippen molar-refractivity contribution in [1.82, 2.24) is 15.1 Å². The number of nitrogens with two attached hydrogens (primary N) is 1. The minimum atomic E-state index is -0.456. The van der Waals surface area contributed by atoms with Crippen molar-refractivity contribution >= 4 is 11.6 Å². The standard InChI is InChI=1S/C8H9N5O2/c9-1-2-11-7(14)5-13-8(15)3-6(10)4-12-13/h3-4H,2,5,10H2,(H,11,14). The summed E-state index contributed by atoms with van der Waals surface area (Å²) in [6.45, 7) is -0.316.